The number of hydrogen-bond acceptors (Lipinski definition) is 7. The van der Waals surface area contributed by atoms with Crippen LogP contribution in [0.3, 0.4) is 0 Å². The molecule has 0 radical (unpaired) electrons. The third-order valence-electron chi connectivity index (χ3n) is 6.62. The summed E-state index contributed by atoms with van der Waals surface area (Å²) >= 11 is 0. The molecule has 3 fully saturated rings. The number of alkyl carbamates (subject to hydrolysis) is 1. The predicted molar refractivity (Wildman–Crippen MR) is 122 cm³/mol. The van der Waals surface area contributed by atoms with E-state index in [9.17, 15) is 23.2 Å². The van der Waals surface area contributed by atoms with Gasteiger partial charge in [-0.3, -0.25) is 14.9 Å². The molecule has 2 N–H and O–H groups in total. The average molecular weight is 485 g/mol. The summed E-state index contributed by atoms with van der Waals surface area (Å²) in [6.07, 6.45) is 1.08. The summed E-state index contributed by atoms with van der Waals surface area (Å²) in [6, 6.07) is 6.00. The van der Waals surface area contributed by atoms with Crippen molar-refractivity contribution in [2.24, 2.45) is 0 Å². The van der Waals surface area contributed by atoms with Gasteiger partial charge in [0, 0.05) is 37.0 Å². The number of carbonyl (C=O) groups is 3. The fraction of sp³-hybridized carbons (Fsp3) is 0.417. The summed E-state index contributed by atoms with van der Waals surface area (Å²) in [7, 11) is 0. The van der Waals surface area contributed by atoms with Crippen LogP contribution < -0.4 is 20.4 Å². The van der Waals surface area contributed by atoms with Crippen LogP contribution in [0, 0.1) is 18.6 Å². The lowest BCUT2D eigenvalue weighted by molar-refractivity contribution is -0.134. The van der Waals surface area contributed by atoms with Gasteiger partial charge in [0.2, 0.25) is 11.8 Å². The summed E-state index contributed by atoms with van der Waals surface area (Å²) in [5, 5.41) is 4.90. The molecule has 2 aromatic rings. The molecule has 3 amide bonds. The van der Waals surface area contributed by atoms with Gasteiger partial charge in [-0.05, 0) is 37.1 Å². The zero-order valence-corrected chi connectivity index (χ0v) is 19.1. The van der Waals surface area contributed by atoms with Gasteiger partial charge in [0.05, 0.1) is 25.0 Å². The van der Waals surface area contributed by atoms with Crippen molar-refractivity contribution in [3.63, 3.8) is 0 Å². The van der Waals surface area contributed by atoms with Crippen LogP contribution in [-0.2, 0) is 14.3 Å². The third-order valence-corrected chi connectivity index (χ3v) is 6.62. The van der Waals surface area contributed by atoms with Crippen LogP contribution in [0.2, 0.25) is 0 Å². The Morgan fingerprint density at radius 3 is 2.51 bits per heavy atom. The van der Waals surface area contributed by atoms with E-state index in [0.29, 0.717) is 31.9 Å². The van der Waals surface area contributed by atoms with Gasteiger partial charge in [0.25, 0.3) is 0 Å². The number of nitrogens with zero attached hydrogens (tertiary/aromatic N) is 3. The number of hydrogen-bond donors (Lipinski definition) is 2. The van der Waals surface area contributed by atoms with Crippen molar-refractivity contribution >= 4 is 29.4 Å². The SMILES string of the molecule is Cc1cccnc1N1CC(OC(=O)NC2CN(c3cc(F)c(C4CCC(=O)NC4=O)c(F)c3)C2)C1. The molecule has 11 heteroatoms. The second-order valence-electron chi connectivity index (χ2n) is 9.15. The van der Waals surface area contributed by atoms with Crippen molar-refractivity contribution in [3.05, 3.63) is 53.2 Å². The molecule has 35 heavy (non-hydrogen) atoms. The maximum Gasteiger partial charge on any atom is 0.407 e. The van der Waals surface area contributed by atoms with Crippen molar-refractivity contribution in [2.45, 2.75) is 37.8 Å². The molecule has 1 unspecified atom stereocenters. The summed E-state index contributed by atoms with van der Waals surface area (Å²) in [5.41, 5.74) is 1.05. The number of nitrogens with one attached hydrogen (secondary N) is 2. The van der Waals surface area contributed by atoms with Gasteiger partial charge in [-0.1, -0.05) is 6.07 Å². The van der Waals surface area contributed by atoms with Crippen LogP contribution in [0.5, 0.6) is 0 Å². The maximum atomic E-state index is 14.7. The van der Waals surface area contributed by atoms with Gasteiger partial charge in [0.15, 0.2) is 0 Å². The van der Waals surface area contributed by atoms with Gasteiger partial charge >= 0.3 is 6.09 Å². The Bertz CT molecular complexity index is 1160. The number of imide groups is 1. The number of ether oxygens (including phenoxy) is 1. The molecule has 1 aromatic carbocycles. The Hall–Kier alpha value is -3.76. The molecule has 3 saturated heterocycles. The van der Waals surface area contributed by atoms with E-state index in [0.717, 1.165) is 11.4 Å². The number of aromatic nitrogens is 1. The molecule has 3 aliphatic heterocycles. The Morgan fingerprint density at radius 1 is 1.14 bits per heavy atom. The van der Waals surface area contributed by atoms with E-state index < -0.39 is 35.5 Å². The number of anilines is 2. The number of benzene rings is 1. The largest absolute Gasteiger partial charge is 0.442 e. The van der Waals surface area contributed by atoms with E-state index >= 15 is 0 Å². The first-order valence-electron chi connectivity index (χ1n) is 11.5. The van der Waals surface area contributed by atoms with Crippen LogP contribution in [0.4, 0.5) is 25.1 Å². The highest BCUT2D eigenvalue weighted by Crippen LogP contribution is 2.33. The minimum Gasteiger partial charge on any atom is -0.442 e. The van der Waals surface area contributed by atoms with Crippen LogP contribution in [0.25, 0.3) is 0 Å². The van der Waals surface area contributed by atoms with Crippen molar-refractivity contribution < 1.29 is 27.9 Å². The van der Waals surface area contributed by atoms with Gasteiger partial charge in [-0.2, -0.15) is 0 Å². The van der Waals surface area contributed by atoms with Gasteiger partial charge < -0.3 is 19.9 Å². The second-order valence-corrected chi connectivity index (χ2v) is 9.15. The highest BCUT2D eigenvalue weighted by atomic mass is 19.1. The molecule has 0 aliphatic carbocycles. The van der Waals surface area contributed by atoms with Gasteiger partial charge in [-0.25, -0.2) is 18.6 Å². The number of carbonyl (C=O) groups excluding carboxylic acids is 3. The number of aryl methyl sites for hydroxylation is 1. The Kier molecular flexibility index (Phi) is 6.00. The quantitative estimate of drug-likeness (QED) is 0.625. The summed E-state index contributed by atoms with van der Waals surface area (Å²) in [6.45, 7) is 3.86. The topological polar surface area (TPSA) is 104 Å². The monoisotopic (exact) mass is 485 g/mol. The molecule has 4 heterocycles. The summed E-state index contributed by atoms with van der Waals surface area (Å²) in [4.78, 5) is 43.7. The van der Waals surface area contributed by atoms with Gasteiger partial charge in [0.1, 0.15) is 23.6 Å². The van der Waals surface area contributed by atoms with Crippen LogP contribution in [0.1, 0.15) is 29.9 Å². The fourth-order valence-electron chi connectivity index (χ4n) is 4.68. The lowest BCUT2D eigenvalue weighted by Crippen LogP contribution is -2.61. The highest BCUT2D eigenvalue weighted by molar-refractivity contribution is 6.01. The van der Waals surface area contributed by atoms with Crippen LogP contribution >= 0.6 is 0 Å². The van der Waals surface area contributed by atoms with E-state index in [-0.39, 0.29) is 30.6 Å². The Labute approximate surface area is 200 Å². The summed E-state index contributed by atoms with van der Waals surface area (Å²) < 4.78 is 34.9. The Morgan fingerprint density at radius 2 is 1.86 bits per heavy atom. The number of piperidine rings is 1. The van der Waals surface area contributed by atoms with E-state index in [4.69, 9.17) is 4.74 Å². The second kappa shape index (κ2) is 9.12. The molecular formula is C24H25F2N5O4. The molecule has 1 atom stereocenters. The highest BCUT2D eigenvalue weighted by Gasteiger charge is 2.36. The van der Waals surface area contributed by atoms with E-state index in [2.05, 4.69) is 15.6 Å². The van der Waals surface area contributed by atoms with E-state index in [1.54, 1.807) is 11.1 Å². The third kappa shape index (κ3) is 4.62. The van der Waals surface area contributed by atoms with Crippen LogP contribution in [-0.4, -0.2) is 61.2 Å². The first-order chi connectivity index (χ1) is 16.8. The molecule has 1 aromatic heterocycles. The number of rotatable bonds is 5. The van der Waals surface area contributed by atoms with Crippen molar-refractivity contribution in [1.29, 1.82) is 0 Å². The van der Waals surface area contributed by atoms with Crippen molar-refractivity contribution in [3.8, 4) is 0 Å². The van der Waals surface area contributed by atoms with E-state index in [1.165, 1.54) is 12.1 Å². The molecule has 184 valence electrons. The lowest BCUT2D eigenvalue weighted by Gasteiger charge is -2.43. The number of pyridine rings is 1. The number of amides is 3. The first-order valence-corrected chi connectivity index (χ1v) is 11.5. The van der Waals surface area contributed by atoms with Crippen molar-refractivity contribution in [1.82, 2.24) is 15.6 Å². The molecule has 5 rings (SSSR count). The normalized spacial score (nSPS) is 20.7. The molecule has 0 bridgehead atoms. The molecule has 0 spiro atoms. The predicted octanol–water partition coefficient (Wildman–Crippen LogP) is 1.99. The molecule has 0 saturated carbocycles. The first kappa shape index (κ1) is 23.0. The maximum absolute atomic E-state index is 14.7. The molecular weight excluding hydrogens is 460 g/mol. The average Bonchev–Trinajstić information content (AvgIpc) is 2.74. The van der Waals surface area contributed by atoms with E-state index in [1.807, 2.05) is 24.0 Å². The number of halogens is 2. The zero-order valence-electron chi connectivity index (χ0n) is 19.1. The molecule has 3 aliphatic rings. The lowest BCUT2D eigenvalue weighted by atomic mass is 9.89. The van der Waals surface area contributed by atoms with Crippen molar-refractivity contribution in [2.75, 3.05) is 36.0 Å². The van der Waals surface area contributed by atoms with Crippen LogP contribution in [0.15, 0.2) is 30.5 Å². The summed E-state index contributed by atoms with van der Waals surface area (Å²) in [5.74, 6) is -2.95. The minimum absolute atomic E-state index is 0.0360. The smallest absolute Gasteiger partial charge is 0.407 e. The minimum atomic E-state index is -1.04. The molecule has 9 nitrogen and oxygen atoms in total. The Balaban J connectivity index is 1.10. The zero-order chi connectivity index (χ0) is 24.7. The standard InChI is InChI=1S/C24H25F2N5O4/c1-13-3-2-6-27-22(13)31-11-16(12-31)35-24(34)28-14-9-30(10-14)15-7-18(25)21(19(26)8-15)17-4-5-20(32)29-23(17)33/h2-3,6-8,14,16-17H,4-5,9-12H2,1H3,(H,28,34)(H,29,32,33). The van der Waals surface area contributed by atoms with Gasteiger partial charge in [-0.15, -0.1) is 0 Å². The fourth-order valence-corrected chi connectivity index (χ4v) is 4.68.